The van der Waals surface area contributed by atoms with Crippen molar-refractivity contribution >= 4 is 32.5 Å². The molecule has 4 rings (SSSR count). The number of amides is 1. The molecule has 2 aromatic carbocycles. The van der Waals surface area contributed by atoms with Gasteiger partial charge in [-0.05, 0) is 55.3 Å². The van der Waals surface area contributed by atoms with Crippen molar-refractivity contribution in [1.82, 2.24) is 4.98 Å². The molecule has 6 nitrogen and oxygen atoms in total. The Bertz CT molecular complexity index is 1120. The maximum Gasteiger partial charge on any atom is 0.341 e. The first-order valence-electron chi connectivity index (χ1n) is 8.18. The lowest BCUT2D eigenvalue weighted by Gasteiger charge is -2.07. The second kappa shape index (κ2) is 6.41. The first-order valence-corrected chi connectivity index (χ1v) is 9.73. The predicted molar refractivity (Wildman–Crippen MR) is 93.6 cm³/mol. The van der Waals surface area contributed by atoms with E-state index in [9.17, 15) is 22.0 Å². The standard InChI is InChI=1S/C18H14F2N2O4S/c19-18(20)27(24,25)13-6-3-10(4-7-13)16(23)21-12-5-8-15-14(9-12)22-17(26-15)11-1-2-11/h3-9,11,18H,1-2H2,(H,21,23). The van der Waals surface area contributed by atoms with Gasteiger partial charge in [-0.1, -0.05) is 0 Å². The number of anilines is 1. The Hall–Kier alpha value is -2.81. The molecule has 1 fully saturated rings. The lowest BCUT2D eigenvalue weighted by atomic mass is 10.2. The normalized spacial score (nSPS) is 14.6. The molecule has 1 amide bonds. The van der Waals surface area contributed by atoms with E-state index in [2.05, 4.69) is 10.3 Å². The van der Waals surface area contributed by atoms with Crippen LogP contribution in [0.1, 0.15) is 35.0 Å². The molecule has 0 bridgehead atoms. The van der Waals surface area contributed by atoms with Crippen LogP contribution in [-0.4, -0.2) is 25.1 Å². The summed E-state index contributed by atoms with van der Waals surface area (Å²) < 4.78 is 53.6. The monoisotopic (exact) mass is 392 g/mol. The van der Waals surface area contributed by atoms with Gasteiger partial charge in [0.25, 0.3) is 5.91 Å². The highest BCUT2D eigenvalue weighted by molar-refractivity contribution is 7.91. The predicted octanol–water partition coefficient (Wildman–Crippen LogP) is 3.95. The highest BCUT2D eigenvalue weighted by Crippen LogP contribution is 2.40. The molecule has 0 radical (unpaired) electrons. The Morgan fingerprint density at radius 3 is 2.48 bits per heavy atom. The molecule has 0 unspecified atom stereocenters. The van der Waals surface area contributed by atoms with E-state index in [-0.39, 0.29) is 5.56 Å². The fraction of sp³-hybridized carbons (Fsp3) is 0.222. The van der Waals surface area contributed by atoms with Crippen molar-refractivity contribution in [3.63, 3.8) is 0 Å². The van der Waals surface area contributed by atoms with Crippen LogP contribution in [-0.2, 0) is 9.84 Å². The number of hydrogen-bond acceptors (Lipinski definition) is 5. The van der Waals surface area contributed by atoms with Crippen molar-refractivity contribution in [2.45, 2.75) is 29.4 Å². The quantitative estimate of drug-likeness (QED) is 0.710. The Labute approximate surface area is 153 Å². The second-order valence-corrected chi connectivity index (χ2v) is 8.21. The molecule has 1 aromatic heterocycles. The van der Waals surface area contributed by atoms with E-state index in [0.29, 0.717) is 28.6 Å². The van der Waals surface area contributed by atoms with Crippen LogP contribution in [0.15, 0.2) is 51.8 Å². The number of rotatable bonds is 5. The summed E-state index contributed by atoms with van der Waals surface area (Å²) in [6.45, 7) is 0. The molecule has 27 heavy (non-hydrogen) atoms. The fourth-order valence-electron chi connectivity index (χ4n) is 2.63. The van der Waals surface area contributed by atoms with Crippen LogP contribution in [0.5, 0.6) is 0 Å². The van der Waals surface area contributed by atoms with Crippen molar-refractivity contribution in [1.29, 1.82) is 0 Å². The number of oxazole rings is 1. The van der Waals surface area contributed by atoms with Gasteiger partial charge in [0.2, 0.25) is 9.84 Å². The molecule has 0 atom stereocenters. The zero-order valence-corrected chi connectivity index (χ0v) is 14.7. The van der Waals surface area contributed by atoms with Gasteiger partial charge >= 0.3 is 5.76 Å². The van der Waals surface area contributed by atoms with Crippen LogP contribution in [0.4, 0.5) is 14.5 Å². The van der Waals surface area contributed by atoms with E-state index < -0.39 is 26.4 Å². The number of benzene rings is 2. The van der Waals surface area contributed by atoms with Gasteiger partial charge in [-0.15, -0.1) is 0 Å². The van der Waals surface area contributed by atoms with E-state index in [1.807, 2.05) is 0 Å². The number of hydrogen-bond donors (Lipinski definition) is 1. The maximum absolute atomic E-state index is 12.5. The number of fused-ring (bicyclic) bond motifs is 1. The zero-order valence-electron chi connectivity index (χ0n) is 13.9. The molecule has 0 saturated heterocycles. The molecular weight excluding hydrogens is 378 g/mol. The maximum atomic E-state index is 12.5. The summed E-state index contributed by atoms with van der Waals surface area (Å²) in [6.07, 6.45) is 2.13. The van der Waals surface area contributed by atoms with Gasteiger partial charge < -0.3 is 9.73 Å². The van der Waals surface area contributed by atoms with Crippen molar-refractivity contribution < 1.29 is 26.4 Å². The van der Waals surface area contributed by atoms with Crippen LogP contribution in [0.25, 0.3) is 11.1 Å². The molecule has 1 N–H and O–H groups in total. The van der Waals surface area contributed by atoms with Crippen molar-refractivity contribution in [2.75, 3.05) is 5.32 Å². The van der Waals surface area contributed by atoms with Crippen LogP contribution < -0.4 is 5.32 Å². The van der Waals surface area contributed by atoms with Crippen molar-refractivity contribution in [3.8, 4) is 0 Å². The Balaban J connectivity index is 1.52. The van der Waals surface area contributed by atoms with Gasteiger partial charge in [-0.2, -0.15) is 8.78 Å². The Kier molecular flexibility index (Phi) is 4.18. The van der Waals surface area contributed by atoms with Gasteiger partial charge in [0.1, 0.15) is 5.52 Å². The van der Waals surface area contributed by atoms with Crippen molar-refractivity contribution in [2.24, 2.45) is 0 Å². The highest BCUT2D eigenvalue weighted by Gasteiger charge is 2.29. The minimum absolute atomic E-state index is 0.141. The molecule has 3 aromatic rings. The minimum Gasteiger partial charge on any atom is -0.440 e. The lowest BCUT2D eigenvalue weighted by molar-refractivity contribution is 0.102. The summed E-state index contributed by atoms with van der Waals surface area (Å²) in [6, 6.07) is 9.39. The van der Waals surface area contributed by atoms with E-state index in [1.165, 1.54) is 12.1 Å². The average Bonchev–Trinajstić information content (AvgIpc) is 3.41. The van der Waals surface area contributed by atoms with Gasteiger partial charge in [0, 0.05) is 17.2 Å². The highest BCUT2D eigenvalue weighted by atomic mass is 32.2. The SMILES string of the molecule is O=C(Nc1ccc2oc(C3CC3)nc2c1)c1ccc(S(=O)(=O)C(F)F)cc1. The average molecular weight is 392 g/mol. The van der Waals surface area contributed by atoms with Crippen LogP contribution in [0.2, 0.25) is 0 Å². The fourth-order valence-corrected chi connectivity index (χ4v) is 3.35. The van der Waals surface area contributed by atoms with Crippen molar-refractivity contribution in [3.05, 3.63) is 53.9 Å². The third-order valence-electron chi connectivity index (χ3n) is 4.27. The molecule has 0 spiro atoms. The minimum atomic E-state index is -4.69. The third-order valence-corrected chi connectivity index (χ3v) is 5.67. The second-order valence-electron chi connectivity index (χ2n) is 6.29. The molecule has 0 aliphatic heterocycles. The number of aromatic nitrogens is 1. The summed E-state index contributed by atoms with van der Waals surface area (Å²) in [5.74, 6) is -2.93. The van der Waals surface area contributed by atoms with Gasteiger partial charge in [-0.3, -0.25) is 4.79 Å². The summed E-state index contributed by atoms with van der Waals surface area (Å²) in [5, 5.41) is 2.67. The van der Waals surface area contributed by atoms with Gasteiger partial charge in [-0.25, -0.2) is 13.4 Å². The number of nitrogens with one attached hydrogen (secondary N) is 1. The van der Waals surface area contributed by atoms with Crippen LogP contribution in [0, 0.1) is 0 Å². The number of sulfone groups is 1. The Morgan fingerprint density at radius 2 is 1.85 bits per heavy atom. The molecule has 9 heteroatoms. The molecule has 140 valence electrons. The zero-order chi connectivity index (χ0) is 19.2. The number of alkyl halides is 2. The summed E-state index contributed by atoms with van der Waals surface area (Å²) in [4.78, 5) is 16.2. The van der Waals surface area contributed by atoms with Gasteiger partial charge in [0.15, 0.2) is 11.5 Å². The number of halogens is 2. The third kappa shape index (κ3) is 3.42. The number of nitrogens with zero attached hydrogens (tertiary/aromatic N) is 1. The van der Waals surface area contributed by atoms with Crippen LogP contribution >= 0.6 is 0 Å². The smallest absolute Gasteiger partial charge is 0.341 e. The number of carbonyl (C=O) groups excluding carboxylic acids is 1. The topological polar surface area (TPSA) is 89.3 Å². The first kappa shape index (κ1) is 17.6. The van der Waals surface area contributed by atoms with E-state index in [1.54, 1.807) is 18.2 Å². The number of carbonyl (C=O) groups is 1. The van der Waals surface area contributed by atoms with E-state index in [4.69, 9.17) is 4.42 Å². The molecule has 1 aliphatic rings. The largest absolute Gasteiger partial charge is 0.440 e. The molecule has 1 saturated carbocycles. The summed E-state index contributed by atoms with van der Waals surface area (Å²) in [5.41, 5.74) is 1.90. The molecule has 1 heterocycles. The Morgan fingerprint density at radius 1 is 1.15 bits per heavy atom. The first-order chi connectivity index (χ1) is 12.8. The van der Waals surface area contributed by atoms with E-state index >= 15 is 0 Å². The van der Waals surface area contributed by atoms with Crippen LogP contribution in [0.3, 0.4) is 0 Å². The lowest BCUT2D eigenvalue weighted by Crippen LogP contribution is -2.14. The van der Waals surface area contributed by atoms with E-state index in [0.717, 1.165) is 25.0 Å². The molecule has 1 aliphatic carbocycles. The molecular formula is C18H14F2N2O4S. The summed E-state index contributed by atoms with van der Waals surface area (Å²) >= 11 is 0. The summed E-state index contributed by atoms with van der Waals surface area (Å²) in [7, 11) is -4.69. The van der Waals surface area contributed by atoms with Gasteiger partial charge in [0.05, 0.1) is 4.90 Å².